The Hall–Kier alpha value is -4.79. The minimum absolute atomic E-state index is 0.0517. The number of anilines is 1. The van der Waals surface area contributed by atoms with E-state index in [0.717, 1.165) is 48.1 Å². The van der Waals surface area contributed by atoms with Crippen molar-refractivity contribution in [2.24, 2.45) is 17.6 Å². The number of allylic oxidation sites excluding steroid dienone is 1. The van der Waals surface area contributed by atoms with E-state index in [0.29, 0.717) is 11.8 Å². The van der Waals surface area contributed by atoms with Crippen molar-refractivity contribution in [1.29, 1.82) is 0 Å². The number of aromatic nitrogens is 5. The number of pyridine rings is 1. The van der Waals surface area contributed by atoms with Gasteiger partial charge >= 0.3 is 15.6 Å². The molecule has 368 valence electrons. The normalized spacial score (nSPS) is 32.2. The summed E-state index contributed by atoms with van der Waals surface area (Å²) in [6.45, 7) is 4.28. The fraction of sp³-hybridized carbons (Fsp3) is 0.488. The Morgan fingerprint density at radius 2 is 1.68 bits per heavy atom. The summed E-state index contributed by atoms with van der Waals surface area (Å²) in [6, 6.07) is 7.96. The highest BCUT2D eigenvalue weighted by molar-refractivity contribution is 7.61. The molecule has 6 aliphatic rings. The number of aliphatic hydroxyl groups excluding tert-OH is 5. The fourth-order valence-corrected chi connectivity index (χ4v) is 11.2. The number of nitrogen functional groups attached to an aromatic ring is 1. The van der Waals surface area contributed by atoms with Crippen LogP contribution in [0.1, 0.15) is 37.2 Å². The van der Waals surface area contributed by atoms with Crippen LogP contribution >= 0.6 is 15.6 Å². The summed E-state index contributed by atoms with van der Waals surface area (Å²) in [7, 11) is -9.07. The van der Waals surface area contributed by atoms with Crippen molar-refractivity contribution in [1.82, 2.24) is 34.3 Å². The fourth-order valence-electron chi connectivity index (χ4n) is 9.12. The van der Waals surface area contributed by atoms with Crippen LogP contribution in [0, 0.1) is 11.8 Å². The minimum atomic E-state index is -5.37. The second kappa shape index (κ2) is 20.3. The van der Waals surface area contributed by atoms with Gasteiger partial charge in [0.05, 0.1) is 38.3 Å². The summed E-state index contributed by atoms with van der Waals surface area (Å²) in [5.74, 6) is 1.35. The lowest BCUT2D eigenvalue weighted by molar-refractivity contribution is -0.115. The first-order valence-electron chi connectivity index (χ1n) is 21.4. The predicted molar refractivity (Wildman–Crippen MR) is 237 cm³/mol. The number of benzene rings is 1. The van der Waals surface area contributed by atoms with Crippen LogP contribution in [0.3, 0.4) is 0 Å². The zero-order valence-electron chi connectivity index (χ0n) is 36.4. The van der Waals surface area contributed by atoms with Crippen molar-refractivity contribution >= 4 is 49.4 Å². The Balaban J connectivity index is 0.000000218. The molecular weight excluding hydrogens is 936 g/mol. The van der Waals surface area contributed by atoms with E-state index in [1.807, 2.05) is 24.3 Å². The Labute approximate surface area is 388 Å². The van der Waals surface area contributed by atoms with Crippen LogP contribution < -0.4 is 16.2 Å². The molecule has 25 nitrogen and oxygen atoms in total. The van der Waals surface area contributed by atoms with Crippen LogP contribution in [0.25, 0.3) is 22.1 Å². The van der Waals surface area contributed by atoms with Gasteiger partial charge in [-0.2, -0.15) is 4.31 Å². The molecule has 3 aromatic heterocycles. The molecule has 1 amide bonds. The number of rotatable bonds is 15. The Morgan fingerprint density at radius 1 is 0.985 bits per heavy atom. The Morgan fingerprint density at radius 3 is 2.32 bits per heavy atom. The zero-order chi connectivity index (χ0) is 48.7. The molecule has 4 aromatic rings. The van der Waals surface area contributed by atoms with Crippen molar-refractivity contribution in [3.8, 4) is 5.75 Å². The first-order chi connectivity index (χ1) is 32.4. The minimum Gasteiger partial charge on any atom is -0.497 e. The van der Waals surface area contributed by atoms with Crippen molar-refractivity contribution in [2.45, 2.75) is 80.5 Å². The van der Waals surface area contributed by atoms with Crippen LogP contribution in [-0.4, -0.2) is 158 Å². The molecule has 0 aliphatic carbocycles. The lowest BCUT2D eigenvalue weighted by Crippen LogP contribution is -2.54. The molecule has 27 heteroatoms. The lowest BCUT2D eigenvalue weighted by atomic mass is 9.73. The summed E-state index contributed by atoms with van der Waals surface area (Å²) in [5, 5.41) is 53.8. The molecule has 1 aromatic carbocycles. The molecular formula is C41H53N9O16P2. The number of ether oxygens (including phenoxy) is 3. The summed E-state index contributed by atoms with van der Waals surface area (Å²) in [5.41, 5.74) is 13.4. The maximum Gasteiger partial charge on any atom is 0.481 e. The van der Waals surface area contributed by atoms with Crippen LogP contribution in [0.15, 0.2) is 79.8 Å². The summed E-state index contributed by atoms with van der Waals surface area (Å²) < 4.78 is 56.2. The average Bonchev–Trinajstić information content (AvgIpc) is 3.98. The van der Waals surface area contributed by atoms with E-state index in [1.54, 1.807) is 19.4 Å². The van der Waals surface area contributed by atoms with Gasteiger partial charge in [0.25, 0.3) is 0 Å². The summed E-state index contributed by atoms with van der Waals surface area (Å²) in [4.78, 5) is 51.5. The lowest BCUT2D eigenvalue weighted by Gasteiger charge is -2.50. The largest absolute Gasteiger partial charge is 0.497 e. The summed E-state index contributed by atoms with van der Waals surface area (Å²) >= 11 is 0. The smallest absolute Gasteiger partial charge is 0.481 e. The van der Waals surface area contributed by atoms with E-state index in [2.05, 4.69) is 41.8 Å². The molecule has 10 rings (SSSR count). The van der Waals surface area contributed by atoms with Crippen LogP contribution in [-0.2, 0) is 36.8 Å². The van der Waals surface area contributed by atoms with Gasteiger partial charge in [0.2, 0.25) is 5.91 Å². The van der Waals surface area contributed by atoms with Crippen molar-refractivity contribution in [3.05, 3.63) is 85.4 Å². The molecule has 2 bridgehead atoms. The summed E-state index contributed by atoms with van der Waals surface area (Å²) in [6.07, 6.45) is 0.741. The Bertz CT molecular complexity index is 2660. The van der Waals surface area contributed by atoms with Gasteiger partial charge in [-0.1, -0.05) is 12.2 Å². The van der Waals surface area contributed by atoms with E-state index in [9.17, 15) is 49.2 Å². The number of piperidine rings is 3. The van der Waals surface area contributed by atoms with Crippen molar-refractivity contribution in [2.75, 3.05) is 39.1 Å². The maximum atomic E-state index is 12.4. The zero-order valence-corrected chi connectivity index (χ0v) is 38.2. The van der Waals surface area contributed by atoms with E-state index < -0.39 is 89.9 Å². The van der Waals surface area contributed by atoms with Crippen LogP contribution in [0.4, 0.5) is 5.82 Å². The van der Waals surface area contributed by atoms with Gasteiger partial charge in [0.15, 0.2) is 23.9 Å². The number of nitrogens with two attached hydrogens (primary N) is 2. The number of amides is 1. The molecule has 5 saturated heterocycles. The number of carbonyl (C=O) groups excluding carboxylic acids is 1. The van der Waals surface area contributed by atoms with Crippen molar-refractivity contribution < 1.29 is 76.8 Å². The first kappa shape index (κ1) is 49.6. The number of imidazole rings is 1. The van der Waals surface area contributed by atoms with Gasteiger partial charge < -0.3 is 65.9 Å². The number of nitrogens with zero attached hydrogens (tertiary/aromatic N) is 7. The van der Waals surface area contributed by atoms with Gasteiger partial charge in [-0.15, -0.1) is 6.58 Å². The number of methoxy groups -OCH3 is 1. The number of aliphatic hydroxyl groups is 5. The number of phosphoric ester groups is 2. The highest BCUT2D eigenvalue weighted by Gasteiger charge is 2.49. The van der Waals surface area contributed by atoms with Gasteiger partial charge in [0.1, 0.15) is 54.2 Å². The molecule has 0 radical (unpaired) electrons. The third-order valence-corrected chi connectivity index (χ3v) is 15.3. The topological polar surface area (TPSA) is 363 Å². The van der Waals surface area contributed by atoms with Gasteiger partial charge in [-0.05, 0) is 67.5 Å². The number of phosphoric acid groups is 2. The van der Waals surface area contributed by atoms with Gasteiger partial charge in [-0.3, -0.25) is 28.3 Å². The average molecular weight is 990 g/mol. The predicted octanol–water partition coefficient (Wildman–Crippen LogP) is 0.487. The number of carbonyl (C=O) groups is 1. The SMILES string of the molecule is C=C[C@H]1CN2CC[C@H]1C[C@H]2[C@H](O)c1ccnc2ccc(OC)cc12.NC(=O)C1=CN([C@@H]2O[C@H](COP(=O)(O)OP(=O)(O)OC[C@H]3O[C@@H](n4cnc5c(N)ncnc54)[C@H](O)[C@@H]3O)[C@@H](O)[C@H]2O)C=CC1. The molecule has 6 aliphatic heterocycles. The molecule has 11 N–H and O–H groups in total. The number of hydrogen-bond acceptors (Lipinski definition) is 21. The Kier molecular flexibility index (Phi) is 14.8. The quantitative estimate of drug-likeness (QED) is 0.0578. The number of primary amides is 1. The van der Waals surface area contributed by atoms with E-state index in [-0.39, 0.29) is 35.0 Å². The molecule has 15 atom stereocenters. The third-order valence-electron chi connectivity index (χ3n) is 12.7. The third kappa shape index (κ3) is 10.4. The van der Waals surface area contributed by atoms with Crippen LogP contribution in [0.5, 0.6) is 5.75 Å². The van der Waals surface area contributed by atoms with Crippen molar-refractivity contribution in [3.63, 3.8) is 0 Å². The molecule has 9 heterocycles. The van der Waals surface area contributed by atoms with E-state index >= 15 is 0 Å². The molecule has 0 spiro atoms. The number of fused-ring (bicyclic) bond motifs is 5. The standard InChI is InChI=1S/C21H29N7O14P2.C20H24N2O2/c22-17-12-19(25-7-24-17)28(8-26-12)21-16(32)14(30)11(41-21)6-39-44(36,37)42-43(34,35)38-5-10-13(29)15(31)20(40-10)27-3-1-2-9(4-27)18(23)33;1-3-13-12-22-9-7-14(13)10-19(22)20(23)16-6-8-21-18-5-4-15(24-2)11-17(16)18/h1,3-4,7-8,10-11,13-16,20-21,29-32H,2,5-6H2,(H2,23,33)(H,34,35)(H,36,37)(H2,22,24,25);3-6,8,11,13-14,19-20,23H,1,7,9-10,12H2,2H3/t10-,11-,13-,14-,15-,16-,20-,21-;13-,14-,19-,20+/m10/s1. The first-order valence-corrected chi connectivity index (χ1v) is 24.4. The monoisotopic (exact) mass is 989 g/mol. The van der Waals surface area contributed by atoms with Gasteiger partial charge in [0, 0.05) is 42.1 Å². The van der Waals surface area contributed by atoms with Gasteiger partial charge in [-0.25, -0.2) is 24.1 Å². The second-order valence-corrected chi connectivity index (χ2v) is 19.9. The molecule has 5 fully saturated rings. The molecule has 68 heavy (non-hydrogen) atoms. The number of hydrogen-bond donors (Lipinski definition) is 9. The highest BCUT2D eigenvalue weighted by atomic mass is 31.3. The van der Waals surface area contributed by atoms with Crippen LogP contribution in [0.2, 0.25) is 0 Å². The maximum absolute atomic E-state index is 12.4. The van der Waals surface area contributed by atoms with E-state index in [1.165, 1.54) is 34.6 Å². The molecule has 0 saturated carbocycles. The highest BCUT2D eigenvalue weighted by Crippen LogP contribution is 2.61. The molecule has 3 unspecified atom stereocenters. The van der Waals surface area contributed by atoms with E-state index in [4.69, 9.17) is 34.7 Å². The second-order valence-electron chi connectivity index (χ2n) is 16.8.